The lowest BCUT2D eigenvalue weighted by atomic mass is 9.90. The minimum atomic E-state index is -0.908. The number of nitrogens with zero attached hydrogens (tertiary/aromatic N) is 3. The second-order valence-electron chi connectivity index (χ2n) is 8.54. The van der Waals surface area contributed by atoms with Crippen LogP contribution in [0.5, 0.6) is 0 Å². The Balaban J connectivity index is 1.59. The molecule has 7 heteroatoms. The van der Waals surface area contributed by atoms with Crippen LogP contribution in [0.1, 0.15) is 17.2 Å². The number of amides is 2. The van der Waals surface area contributed by atoms with E-state index in [-0.39, 0.29) is 11.8 Å². The molecule has 2 fully saturated rings. The summed E-state index contributed by atoms with van der Waals surface area (Å²) < 4.78 is 0. The fourth-order valence-electron chi connectivity index (χ4n) is 4.60. The van der Waals surface area contributed by atoms with Crippen molar-refractivity contribution in [3.8, 4) is 0 Å². The van der Waals surface area contributed by atoms with Gasteiger partial charge in [0, 0.05) is 24.8 Å². The number of hydrogen-bond acceptors (Lipinski definition) is 5. The molecule has 3 aromatic carbocycles. The molecule has 2 saturated heterocycles. The Bertz CT molecular complexity index is 1210. The number of carbonyl (C=O) groups excluding carboxylic acids is 2. The van der Waals surface area contributed by atoms with Gasteiger partial charge in [0.25, 0.3) is 5.91 Å². The molecule has 0 bridgehead atoms. The van der Waals surface area contributed by atoms with E-state index in [0.29, 0.717) is 16.3 Å². The molecule has 0 N–H and O–H groups in total. The van der Waals surface area contributed by atoms with Gasteiger partial charge in [0.2, 0.25) is 5.91 Å². The van der Waals surface area contributed by atoms with Crippen LogP contribution in [0.4, 0.5) is 17.1 Å². The van der Waals surface area contributed by atoms with E-state index >= 15 is 0 Å². The molecule has 0 radical (unpaired) electrons. The topological polar surface area (TPSA) is 53.1 Å². The molecular formula is C26H24ClN3O3. The van der Waals surface area contributed by atoms with Gasteiger partial charge in [-0.2, -0.15) is 0 Å². The standard InChI is InChI=1S/C26H24ClN3O3/c1-16-20(27)10-7-11-21(16)29-25(31)22-23(17-12-14-18(15-13-17)28(2)3)30(33-24(22)26(29)32)19-8-5-4-6-9-19/h4-15,22-24H,1-3H3/t22-,23-,24+/m0/s1. The maximum atomic E-state index is 13.7. The summed E-state index contributed by atoms with van der Waals surface area (Å²) in [5.41, 5.74) is 3.93. The maximum absolute atomic E-state index is 13.7. The number of para-hydroxylation sites is 1. The first kappa shape index (κ1) is 21.5. The lowest BCUT2D eigenvalue weighted by molar-refractivity contribution is -0.126. The van der Waals surface area contributed by atoms with Gasteiger partial charge in [-0.3, -0.25) is 14.4 Å². The van der Waals surface area contributed by atoms with Gasteiger partial charge in [-0.1, -0.05) is 48.0 Å². The van der Waals surface area contributed by atoms with E-state index in [9.17, 15) is 9.59 Å². The summed E-state index contributed by atoms with van der Waals surface area (Å²) in [5, 5.41) is 2.21. The largest absolute Gasteiger partial charge is 0.378 e. The number of fused-ring (bicyclic) bond motifs is 1. The van der Waals surface area contributed by atoms with E-state index < -0.39 is 18.1 Å². The average molecular weight is 462 g/mol. The third-order valence-corrected chi connectivity index (χ3v) is 6.77. The Morgan fingerprint density at radius 3 is 2.24 bits per heavy atom. The second kappa shape index (κ2) is 8.21. The number of imide groups is 1. The molecule has 3 aromatic rings. The van der Waals surface area contributed by atoms with Crippen molar-refractivity contribution < 1.29 is 14.4 Å². The zero-order chi connectivity index (χ0) is 23.3. The van der Waals surface area contributed by atoms with Crippen molar-refractivity contribution in [2.24, 2.45) is 5.92 Å². The van der Waals surface area contributed by atoms with Gasteiger partial charge in [-0.05, 0) is 54.4 Å². The number of halogens is 1. The summed E-state index contributed by atoms with van der Waals surface area (Å²) in [6, 6.07) is 22.3. The molecule has 168 valence electrons. The van der Waals surface area contributed by atoms with Gasteiger partial charge in [0.15, 0.2) is 6.10 Å². The number of hydroxylamine groups is 1. The molecule has 33 heavy (non-hydrogen) atoms. The average Bonchev–Trinajstić information content (AvgIpc) is 3.33. The lowest BCUT2D eigenvalue weighted by Gasteiger charge is -2.29. The van der Waals surface area contributed by atoms with E-state index in [1.807, 2.05) is 73.6 Å². The van der Waals surface area contributed by atoms with Gasteiger partial charge in [-0.25, -0.2) is 9.96 Å². The van der Waals surface area contributed by atoms with E-state index in [4.69, 9.17) is 16.4 Å². The third-order valence-electron chi connectivity index (χ3n) is 6.36. The van der Waals surface area contributed by atoms with E-state index in [1.165, 1.54) is 4.90 Å². The molecule has 3 atom stereocenters. The van der Waals surface area contributed by atoms with Gasteiger partial charge in [0.1, 0.15) is 5.92 Å². The summed E-state index contributed by atoms with van der Waals surface area (Å²) in [5.74, 6) is -1.33. The molecule has 0 aliphatic carbocycles. The fourth-order valence-corrected chi connectivity index (χ4v) is 4.77. The van der Waals surface area contributed by atoms with Gasteiger partial charge >= 0.3 is 0 Å². The predicted molar refractivity (Wildman–Crippen MR) is 129 cm³/mol. The van der Waals surface area contributed by atoms with E-state index in [2.05, 4.69) is 0 Å². The van der Waals surface area contributed by atoms with Crippen LogP contribution in [0, 0.1) is 12.8 Å². The van der Waals surface area contributed by atoms with Gasteiger partial charge in [0.05, 0.1) is 17.4 Å². The monoisotopic (exact) mass is 461 g/mol. The van der Waals surface area contributed by atoms with Crippen LogP contribution in [0.15, 0.2) is 72.8 Å². The normalized spacial score (nSPS) is 22.1. The first-order valence-corrected chi connectivity index (χ1v) is 11.2. The highest BCUT2D eigenvalue weighted by atomic mass is 35.5. The second-order valence-corrected chi connectivity index (χ2v) is 8.95. The first-order valence-electron chi connectivity index (χ1n) is 10.8. The zero-order valence-electron chi connectivity index (χ0n) is 18.6. The molecule has 2 amide bonds. The zero-order valence-corrected chi connectivity index (χ0v) is 19.4. The summed E-state index contributed by atoms with van der Waals surface area (Å²) in [6.07, 6.45) is -0.908. The van der Waals surface area contributed by atoms with Crippen molar-refractivity contribution in [2.75, 3.05) is 29.0 Å². The van der Waals surface area contributed by atoms with E-state index in [1.54, 1.807) is 30.2 Å². The highest BCUT2D eigenvalue weighted by Crippen LogP contribution is 2.48. The first-order chi connectivity index (χ1) is 15.9. The van der Waals surface area contributed by atoms with Crippen molar-refractivity contribution in [2.45, 2.75) is 19.1 Å². The highest BCUT2D eigenvalue weighted by molar-refractivity contribution is 6.32. The van der Waals surface area contributed by atoms with E-state index in [0.717, 1.165) is 16.9 Å². The minimum absolute atomic E-state index is 0.282. The lowest BCUT2D eigenvalue weighted by Crippen LogP contribution is -2.37. The van der Waals surface area contributed by atoms with Crippen molar-refractivity contribution in [1.29, 1.82) is 0 Å². The fraction of sp³-hybridized carbons (Fsp3) is 0.231. The Hall–Kier alpha value is -3.35. The quantitative estimate of drug-likeness (QED) is 0.524. The molecule has 2 aliphatic rings. The van der Waals surface area contributed by atoms with Gasteiger partial charge < -0.3 is 4.90 Å². The van der Waals surface area contributed by atoms with Crippen molar-refractivity contribution >= 4 is 40.5 Å². The number of benzene rings is 3. The number of carbonyl (C=O) groups is 2. The van der Waals surface area contributed by atoms with Crippen LogP contribution < -0.4 is 14.9 Å². The molecule has 0 saturated carbocycles. The summed E-state index contributed by atoms with van der Waals surface area (Å²) in [4.78, 5) is 36.7. The predicted octanol–water partition coefficient (Wildman–Crippen LogP) is 4.77. The molecule has 6 nitrogen and oxygen atoms in total. The summed E-state index contributed by atoms with van der Waals surface area (Å²) in [6.45, 7) is 1.81. The highest BCUT2D eigenvalue weighted by Gasteiger charge is 2.60. The van der Waals surface area contributed by atoms with Crippen LogP contribution in [0.3, 0.4) is 0 Å². The van der Waals surface area contributed by atoms with Crippen LogP contribution in [0.2, 0.25) is 5.02 Å². The van der Waals surface area contributed by atoms with Crippen LogP contribution in [-0.2, 0) is 14.4 Å². The Morgan fingerprint density at radius 2 is 1.58 bits per heavy atom. The minimum Gasteiger partial charge on any atom is -0.378 e. The molecule has 2 heterocycles. The molecule has 5 rings (SSSR count). The van der Waals surface area contributed by atoms with Crippen molar-refractivity contribution in [3.63, 3.8) is 0 Å². The molecular weight excluding hydrogens is 438 g/mol. The third kappa shape index (κ3) is 3.46. The summed E-state index contributed by atoms with van der Waals surface area (Å²) >= 11 is 6.28. The molecule has 2 aliphatic heterocycles. The summed E-state index contributed by atoms with van der Waals surface area (Å²) in [7, 11) is 3.95. The number of hydrogen-bond donors (Lipinski definition) is 0. The van der Waals surface area contributed by atoms with Crippen molar-refractivity contribution in [1.82, 2.24) is 0 Å². The molecule has 0 unspecified atom stereocenters. The van der Waals surface area contributed by atoms with Crippen LogP contribution in [-0.4, -0.2) is 32.0 Å². The molecule has 0 aromatic heterocycles. The van der Waals surface area contributed by atoms with Crippen molar-refractivity contribution in [3.05, 3.63) is 88.9 Å². The Morgan fingerprint density at radius 1 is 0.879 bits per heavy atom. The van der Waals surface area contributed by atoms with Crippen LogP contribution >= 0.6 is 11.6 Å². The number of anilines is 3. The van der Waals surface area contributed by atoms with Crippen LogP contribution in [0.25, 0.3) is 0 Å². The van der Waals surface area contributed by atoms with Gasteiger partial charge in [-0.15, -0.1) is 0 Å². The SMILES string of the molecule is Cc1c(Cl)cccc1N1C(=O)[C@@H]2[C@@H](ON(c3ccccc3)[C@H]2c2ccc(N(C)C)cc2)C1=O. The Labute approximate surface area is 197 Å². The smallest absolute Gasteiger partial charge is 0.266 e. The molecule has 0 spiro atoms. The number of rotatable bonds is 4. The Kier molecular flexibility index (Phi) is 5.35. The maximum Gasteiger partial charge on any atom is 0.266 e.